The monoisotopic (exact) mass is 304 g/mol. The molecule has 0 saturated heterocycles. The molecule has 110 valence electrons. The largest absolute Gasteiger partial charge is 0.508 e. The lowest BCUT2D eigenvalue weighted by atomic mass is 10.1. The van der Waals surface area contributed by atoms with Crippen LogP contribution in [0.2, 0.25) is 5.02 Å². The maximum absolute atomic E-state index is 12.4. The number of hydrogen-bond acceptors (Lipinski definition) is 3. The predicted octanol–water partition coefficient (Wildman–Crippen LogP) is 2.78. The Morgan fingerprint density at radius 3 is 2.57 bits per heavy atom. The number of rotatable bonds is 4. The van der Waals surface area contributed by atoms with E-state index >= 15 is 0 Å². The summed E-state index contributed by atoms with van der Waals surface area (Å²) >= 11 is 6.02. The number of phenols is 1. The molecule has 0 aliphatic carbocycles. The van der Waals surface area contributed by atoms with E-state index < -0.39 is 0 Å². The molecular formula is C16H17ClN2O2. The number of aromatic hydroxyl groups is 1. The number of carbonyl (C=O) groups is 1. The maximum Gasteiger partial charge on any atom is 0.255 e. The molecule has 2 aromatic rings. The molecule has 0 bridgehead atoms. The Kier molecular flexibility index (Phi) is 4.83. The average Bonchev–Trinajstić information content (AvgIpc) is 2.49. The van der Waals surface area contributed by atoms with Crippen LogP contribution in [0.15, 0.2) is 42.5 Å². The SMILES string of the molecule is CN(Cc1ccccc1CN)C(=O)c1cc(O)ccc1Cl. The molecule has 1 amide bonds. The molecule has 2 rings (SSSR count). The summed E-state index contributed by atoms with van der Waals surface area (Å²) < 4.78 is 0. The molecule has 0 aliphatic heterocycles. The van der Waals surface area contributed by atoms with Crippen LogP contribution in [-0.2, 0) is 13.1 Å². The van der Waals surface area contributed by atoms with Gasteiger partial charge in [0.1, 0.15) is 5.75 Å². The standard InChI is InChI=1S/C16H17ClN2O2/c1-19(10-12-5-3-2-4-11(12)9-18)16(21)14-8-13(20)6-7-15(14)17/h2-8,20H,9-10,18H2,1H3. The van der Waals surface area contributed by atoms with Crippen molar-refractivity contribution in [3.8, 4) is 5.75 Å². The number of halogens is 1. The van der Waals surface area contributed by atoms with E-state index in [-0.39, 0.29) is 17.2 Å². The summed E-state index contributed by atoms with van der Waals surface area (Å²) in [6.45, 7) is 0.850. The van der Waals surface area contributed by atoms with Gasteiger partial charge in [-0.1, -0.05) is 35.9 Å². The molecule has 0 radical (unpaired) electrons. The second-order valence-corrected chi connectivity index (χ2v) is 5.21. The fourth-order valence-corrected chi connectivity index (χ4v) is 2.32. The first-order valence-electron chi connectivity index (χ1n) is 6.53. The summed E-state index contributed by atoms with van der Waals surface area (Å²) in [7, 11) is 1.69. The van der Waals surface area contributed by atoms with Gasteiger partial charge >= 0.3 is 0 Å². The van der Waals surface area contributed by atoms with Gasteiger partial charge in [0.2, 0.25) is 0 Å². The van der Waals surface area contributed by atoms with Gasteiger partial charge in [0, 0.05) is 20.1 Å². The fraction of sp³-hybridized carbons (Fsp3) is 0.188. The Labute approximate surface area is 128 Å². The van der Waals surface area contributed by atoms with E-state index in [0.29, 0.717) is 18.1 Å². The van der Waals surface area contributed by atoms with Crippen molar-refractivity contribution in [2.24, 2.45) is 5.73 Å². The van der Waals surface area contributed by atoms with Crippen LogP contribution in [0, 0.1) is 0 Å². The van der Waals surface area contributed by atoms with E-state index in [1.807, 2.05) is 24.3 Å². The van der Waals surface area contributed by atoms with Crippen LogP contribution in [0.3, 0.4) is 0 Å². The van der Waals surface area contributed by atoms with Crippen LogP contribution >= 0.6 is 11.6 Å². The number of hydrogen-bond donors (Lipinski definition) is 2. The molecule has 4 nitrogen and oxygen atoms in total. The zero-order valence-electron chi connectivity index (χ0n) is 11.7. The summed E-state index contributed by atoms with van der Waals surface area (Å²) in [6, 6.07) is 12.0. The molecule has 0 aromatic heterocycles. The number of amides is 1. The van der Waals surface area contributed by atoms with Crippen molar-refractivity contribution in [3.05, 3.63) is 64.2 Å². The van der Waals surface area contributed by atoms with Crippen LogP contribution in [-0.4, -0.2) is 23.0 Å². The first-order chi connectivity index (χ1) is 10.0. The van der Waals surface area contributed by atoms with Crippen molar-refractivity contribution in [2.75, 3.05) is 7.05 Å². The molecule has 0 saturated carbocycles. The van der Waals surface area contributed by atoms with E-state index in [1.54, 1.807) is 11.9 Å². The molecule has 0 spiro atoms. The fourth-order valence-electron chi connectivity index (χ4n) is 2.12. The minimum absolute atomic E-state index is 0.0125. The van der Waals surface area contributed by atoms with Crippen LogP contribution in [0.25, 0.3) is 0 Å². The van der Waals surface area contributed by atoms with Gasteiger partial charge in [0.05, 0.1) is 10.6 Å². The quantitative estimate of drug-likeness (QED) is 0.912. The average molecular weight is 305 g/mol. The topological polar surface area (TPSA) is 66.6 Å². The van der Waals surface area contributed by atoms with Crippen molar-refractivity contribution in [1.29, 1.82) is 0 Å². The minimum atomic E-state index is -0.247. The maximum atomic E-state index is 12.4. The third-order valence-corrected chi connectivity index (χ3v) is 3.60. The van der Waals surface area contributed by atoms with Crippen molar-refractivity contribution in [2.45, 2.75) is 13.1 Å². The molecule has 5 heteroatoms. The molecular weight excluding hydrogens is 288 g/mol. The lowest BCUT2D eigenvalue weighted by Gasteiger charge is -2.19. The molecule has 3 N–H and O–H groups in total. The first kappa shape index (κ1) is 15.4. The smallest absolute Gasteiger partial charge is 0.255 e. The Morgan fingerprint density at radius 2 is 1.90 bits per heavy atom. The lowest BCUT2D eigenvalue weighted by Crippen LogP contribution is -2.27. The Balaban J connectivity index is 2.22. The summed E-state index contributed by atoms with van der Waals surface area (Å²) in [5, 5.41) is 9.81. The van der Waals surface area contributed by atoms with E-state index in [0.717, 1.165) is 11.1 Å². The minimum Gasteiger partial charge on any atom is -0.508 e. The van der Waals surface area contributed by atoms with Crippen molar-refractivity contribution in [1.82, 2.24) is 4.90 Å². The summed E-state index contributed by atoms with van der Waals surface area (Å²) in [6.07, 6.45) is 0. The van der Waals surface area contributed by atoms with Gasteiger partial charge in [-0.15, -0.1) is 0 Å². The summed E-state index contributed by atoms with van der Waals surface area (Å²) in [5.41, 5.74) is 7.97. The first-order valence-corrected chi connectivity index (χ1v) is 6.91. The molecule has 21 heavy (non-hydrogen) atoms. The molecule has 0 heterocycles. The number of carbonyl (C=O) groups excluding carboxylic acids is 1. The van der Waals surface area contributed by atoms with Crippen LogP contribution in [0.4, 0.5) is 0 Å². The highest BCUT2D eigenvalue weighted by molar-refractivity contribution is 6.33. The molecule has 0 unspecified atom stereocenters. The lowest BCUT2D eigenvalue weighted by molar-refractivity contribution is 0.0784. The van der Waals surface area contributed by atoms with E-state index in [9.17, 15) is 9.90 Å². The third-order valence-electron chi connectivity index (χ3n) is 3.27. The highest BCUT2D eigenvalue weighted by Gasteiger charge is 2.16. The van der Waals surface area contributed by atoms with Crippen molar-refractivity contribution < 1.29 is 9.90 Å². The normalized spacial score (nSPS) is 10.4. The Hall–Kier alpha value is -2.04. The van der Waals surface area contributed by atoms with Gasteiger partial charge in [-0.3, -0.25) is 4.79 Å². The van der Waals surface area contributed by atoms with Gasteiger partial charge in [0.25, 0.3) is 5.91 Å². The second kappa shape index (κ2) is 6.61. The van der Waals surface area contributed by atoms with Gasteiger partial charge in [-0.2, -0.15) is 0 Å². The zero-order chi connectivity index (χ0) is 15.4. The molecule has 0 atom stereocenters. The van der Waals surface area contributed by atoms with Gasteiger partial charge < -0.3 is 15.7 Å². The highest BCUT2D eigenvalue weighted by atomic mass is 35.5. The predicted molar refractivity (Wildman–Crippen MR) is 83.2 cm³/mol. The third kappa shape index (κ3) is 3.54. The van der Waals surface area contributed by atoms with E-state index in [2.05, 4.69) is 0 Å². The van der Waals surface area contributed by atoms with Gasteiger partial charge in [-0.25, -0.2) is 0 Å². The van der Waals surface area contributed by atoms with Gasteiger partial charge in [0.15, 0.2) is 0 Å². The number of benzene rings is 2. The van der Waals surface area contributed by atoms with Crippen LogP contribution in [0.5, 0.6) is 5.75 Å². The van der Waals surface area contributed by atoms with Crippen molar-refractivity contribution >= 4 is 17.5 Å². The Bertz CT molecular complexity index is 658. The second-order valence-electron chi connectivity index (χ2n) is 4.80. The zero-order valence-corrected chi connectivity index (χ0v) is 12.5. The summed E-state index contributed by atoms with van der Waals surface area (Å²) in [5.74, 6) is -0.235. The highest BCUT2D eigenvalue weighted by Crippen LogP contribution is 2.23. The van der Waals surface area contributed by atoms with Gasteiger partial charge in [-0.05, 0) is 29.3 Å². The number of nitrogens with zero attached hydrogens (tertiary/aromatic N) is 1. The summed E-state index contributed by atoms with van der Waals surface area (Å²) in [4.78, 5) is 14.0. The van der Waals surface area contributed by atoms with E-state index in [1.165, 1.54) is 18.2 Å². The Morgan fingerprint density at radius 1 is 1.24 bits per heavy atom. The van der Waals surface area contributed by atoms with Crippen LogP contribution < -0.4 is 5.73 Å². The van der Waals surface area contributed by atoms with Crippen molar-refractivity contribution in [3.63, 3.8) is 0 Å². The molecule has 0 aliphatic rings. The molecule has 0 fully saturated rings. The number of phenolic OH excluding ortho intramolecular Hbond substituents is 1. The van der Waals surface area contributed by atoms with E-state index in [4.69, 9.17) is 17.3 Å². The number of nitrogens with two attached hydrogens (primary N) is 1. The van der Waals surface area contributed by atoms with Crippen LogP contribution in [0.1, 0.15) is 21.5 Å². The molecule has 2 aromatic carbocycles.